The van der Waals surface area contributed by atoms with Crippen molar-refractivity contribution in [3.63, 3.8) is 0 Å². The van der Waals surface area contributed by atoms with Gasteiger partial charge in [-0.25, -0.2) is 4.79 Å². The number of rotatable bonds is 5. The molecule has 0 fully saturated rings. The van der Waals surface area contributed by atoms with Crippen molar-refractivity contribution in [2.45, 2.75) is 39.7 Å². The maximum absolute atomic E-state index is 11.9. The van der Waals surface area contributed by atoms with Crippen molar-refractivity contribution in [1.29, 1.82) is 0 Å². The Labute approximate surface area is 127 Å². The minimum Gasteiger partial charge on any atom is -0.295 e. The summed E-state index contributed by atoms with van der Waals surface area (Å²) < 4.78 is 2.68. The van der Waals surface area contributed by atoms with E-state index in [2.05, 4.69) is 45.2 Å². The Bertz CT molecular complexity index is 635. The van der Waals surface area contributed by atoms with Gasteiger partial charge >= 0.3 is 5.69 Å². The maximum Gasteiger partial charge on any atom is 0.348 e. The van der Waals surface area contributed by atoms with Crippen LogP contribution in [0.5, 0.6) is 0 Å². The average Bonchev–Trinajstić information content (AvgIpc) is 2.45. The molecular weight excluding hydrogens is 316 g/mol. The summed E-state index contributed by atoms with van der Waals surface area (Å²) >= 11 is 3.49. The average molecular weight is 335 g/mol. The van der Waals surface area contributed by atoms with E-state index in [0.29, 0.717) is 0 Å². The minimum atomic E-state index is -0.150. The number of unbranched alkanes of at least 4 members (excludes halogenated alkanes) is 1. The van der Waals surface area contributed by atoms with E-state index in [9.17, 15) is 4.79 Å². The zero-order valence-electron chi connectivity index (χ0n) is 11.9. The Morgan fingerprint density at radius 1 is 1.15 bits per heavy atom. The quantitative estimate of drug-likeness (QED) is 0.782. The Morgan fingerprint density at radius 3 is 2.55 bits per heavy atom. The topological polar surface area (TPSA) is 34.9 Å². The molecule has 4 heteroatoms. The molecule has 20 heavy (non-hydrogen) atoms. The SMILES string of the molecule is Cc1nc(=O)n(CCCCc2ccccc2)c(C)c1Br. The highest BCUT2D eigenvalue weighted by atomic mass is 79.9. The van der Waals surface area contributed by atoms with Gasteiger partial charge in [0.1, 0.15) is 0 Å². The van der Waals surface area contributed by atoms with Crippen molar-refractivity contribution in [3.05, 3.63) is 62.2 Å². The fourth-order valence-corrected chi connectivity index (χ4v) is 2.59. The summed E-state index contributed by atoms with van der Waals surface area (Å²) in [5, 5.41) is 0. The summed E-state index contributed by atoms with van der Waals surface area (Å²) in [5.74, 6) is 0. The Balaban J connectivity index is 1.95. The van der Waals surface area contributed by atoms with E-state index < -0.39 is 0 Å². The molecule has 0 spiro atoms. The van der Waals surface area contributed by atoms with E-state index in [1.807, 2.05) is 19.9 Å². The molecule has 2 rings (SSSR count). The van der Waals surface area contributed by atoms with Crippen LogP contribution < -0.4 is 5.69 Å². The molecule has 0 aliphatic carbocycles. The van der Waals surface area contributed by atoms with Gasteiger partial charge in [0.25, 0.3) is 0 Å². The van der Waals surface area contributed by atoms with Gasteiger partial charge in [-0.15, -0.1) is 0 Å². The number of hydrogen-bond donors (Lipinski definition) is 0. The van der Waals surface area contributed by atoms with Gasteiger partial charge in [0.2, 0.25) is 0 Å². The van der Waals surface area contributed by atoms with Gasteiger partial charge in [-0.3, -0.25) is 4.57 Å². The summed E-state index contributed by atoms with van der Waals surface area (Å²) in [6.45, 7) is 4.53. The molecule has 1 aromatic carbocycles. The molecule has 106 valence electrons. The fraction of sp³-hybridized carbons (Fsp3) is 0.375. The summed E-state index contributed by atoms with van der Waals surface area (Å²) in [5.41, 5.74) is 2.91. The fourth-order valence-electron chi connectivity index (χ4n) is 2.28. The summed E-state index contributed by atoms with van der Waals surface area (Å²) in [6, 6.07) is 10.4. The van der Waals surface area contributed by atoms with Crippen LogP contribution in [-0.2, 0) is 13.0 Å². The molecule has 0 saturated heterocycles. The molecule has 0 saturated carbocycles. The van der Waals surface area contributed by atoms with Gasteiger partial charge in [0.15, 0.2) is 0 Å². The van der Waals surface area contributed by atoms with Gasteiger partial charge in [0, 0.05) is 12.2 Å². The van der Waals surface area contributed by atoms with Crippen molar-refractivity contribution in [2.75, 3.05) is 0 Å². The standard InChI is InChI=1S/C16H19BrN2O/c1-12-15(17)13(2)19(16(20)18-12)11-7-6-10-14-8-4-3-5-9-14/h3-5,8-9H,6-7,10-11H2,1-2H3. The van der Waals surface area contributed by atoms with Crippen LogP contribution in [0.4, 0.5) is 0 Å². The van der Waals surface area contributed by atoms with Crippen LogP contribution in [0.2, 0.25) is 0 Å². The predicted octanol–water partition coefficient (Wildman–Crippen LogP) is 3.65. The molecule has 1 heterocycles. The number of nitrogens with zero attached hydrogens (tertiary/aromatic N) is 2. The van der Waals surface area contributed by atoms with Crippen LogP contribution in [0.3, 0.4) is 0 Å². The normalized spacial score (nSPS) is 10.8. The number of halogens is 1. The highest BCUT2D eigenvalue weighted by Crippen LogP contribution is 2.17. The largest absolute Gasteiger partial charge is 0.348 e. The first-order valence-electron chi connectivity index (χ1n) is 6.87. The highest BCUT2D eigenvalue weighted by Gasteiger charge is 2.08. The zero-order chi connectivity index (χ0) is 14.5. The van der Waals surface area contributed by atoms with E-state index in [1.165, 1.54) is 5.56 Å². The molecule has 0 N–H and O–H groups in total. The Hall–Kier alpha value is -1.42. The van der Waals surface area contributed by atoms with Crippen LogP contribution in [-0.4, -0.2) is 9.55 Å². The molecule has 3 nitrogen and oxygen atoms in total. The number of aromatic nitrogens is 2. The second-order valence-electron chi connectivity index (χ2n) is 4.97. The summed E-state index contributed by atoms with van der Waals surface area (Å²) in [4.78, 5) is 15.9. The van der Waals surface area contributed by atoms with E-state index in [-0.39, 0.29) is 5.69 Å². The third kappa shape index (κ3) is 3.57. The van der Waals surface area contributed by atoms with Crippen LogP contribution in [0, 0.1) is 13.8 Å². The maximum atomic E-state index is 11.9. The lowest BCUT2D eigenvalue weighted by molar-refractivity contribution is 0.565. The van der Waals surface area contributed by atoms with Crippen molar-refractivity contribution < 1.29 is 0 Å². The molecule has 0 radical (unpaired) electrons. The first-order valence-corrected chi connectivity index (χ1v) is 7.66. The van der Waals surface area contributed by atoms with Gasteiger partial charge in [-0.1, -0.05) is 30.3 Å². The van der Waals surface area contributed by atoms with Gasteiger partial charge < -0.3 is 0 Å². The van der Waals surface area contributed by atoms with Crippen LogP contribution in [0.15, 0.2) is 39.6 Å². The van der Waals surface area contributed by atoms with Crippen LogP contribution in [0.25, 0.3) is 0 Å². The second kappa shape index (κ2) is 6.84. The Morgan fingerprint density at radius 2 is 1.85 bits per heavy atom. The zero-order valence-corrected chi connectivity index (χ0v) is 13.5. The molecule has 0 amide bonds. The van der Waals surface area contributed by atoms with Crippen LogP contribution >= 0.6 is 15.9 Å². The molecule has 0 bridgehead atoms. The van der Waals surface area contributed by atoms with E-state index in [4.69, 9.17) is 0 Å². The minimum absolute atomic E-state index is 0.150. The first kappa shape index (κ1) is 15.0. The third-order valence-corrected chi connectivity index (χ3v) is 4.62. The van der Waals surface area contributed by atoms with E-state index in [1.54, 1.807) is 4.57 Å². The molecule has 0 aliphatic rings. The van der Waals surface area contributed by atoms with Crippen molar-refractivity contribution in [1.82, 2.24) is 9.55 Å². The lowest BCUT2D eigenvalue weighted by Gasteiger charge is -2.12. The molecule has 0 aliphatic heterocycles. The smallest absolute Gasteiger partial charge is 0.295 e. The Kier molecular flexibility index (Phi) is 5.12. The second-order valence-corrected chi connectivity index (χ2v) is 5.77. The molecule has 0 unspecified atom stereocenters. The number of aryl methyl sites for hydroxylation is 2. The van der Waals surface area contributed by atoms with Crippen LogP contribution in [0.1, 0.15) is 29.8 Å². The van der Waals surface area contributed by atoms with Gasteiger partial charge in [0.05, 0.1) is 10.2 Å². The lowest BCUT2D eigenvalue weighted by atomic mass is 10.1. The highest BCUT2D eigenvalue weighted by molar-refractivity contribution is 9.10. The molecule has 0 atom stereocenters. The predicted molar refractivity (Wildman–Crippen MR) is 85.1 cm³/mol. The lowest BCUT2D eigenvalue weighted by Crippen LogP contribution is -2.26. The first-order chi connectivity index (χ1) is 9.59. The van der Waals surface area contributed by atoms with E-state index in [0.717, 1.165) is 41.7 Å². The van der Waals surface area contributed by atoms with E-state index >= 15 is 0 Å². The van der Waals surface area contributed by atoms with Gasteiger partial charge in [-0.2, -0.15) is 4.98 Å². The van der Waals surface area contributed by atoms with Gasteiger partial charge in [-0.05, 0) is 54.6 Å². The summed E-state index contributed by atoms with van der Waals surface area (Å²) in [7, 11) is 0. The number of benzene rings is 1. The number of hydrogen-bond acceptors (Lipinski definition) is 2. The molecule has 1 aromatic heterocycles. The molecule has 2 aromatic rings. The van der Waals surface area contributed by atoms with Crippen molar-refractivity contribution in [3.8, 4) is 0 Å². The van der Waals surface area contributed by atoms with Crippen molar-refractivity contribution in [2.24, 2.45) is 0 Å². The summed E-state index contributed by atoms with van der Waals surface area (Å²) in [6.07, 6.45) is 3.10. The molecular formula is C16H19BrN2O. The monoisotopic (exact) mass is 334 g/mol. The van der Waals surface area contributed by atoms with Crippen molar-refractivity contribution >= 4 is 15.9 Å². The third-order valence-electron chi connectivity index (χ3n) is 3.47.